The molecule has 5 aliphatic heterocycles. The second-order valence-corrected chi connectivity index (χ2v) is 11.0. The third kappa shape index (κ3) is 1.72. The summed E-state index contributed by atoms with van der Waals surface area (Å²) in [4.78, 5) is 40.4. The Balaban J connectivity index is 1.51. The van der Waals surface area contributed by atoms with Crippen LogP contribution in [-0.4, -0.2) is 82.9 Å². The molecule has 148 valence electrons. The summed E-state index contributed by atoms with van der Waals surface area (Å²) in [5, 5.41) is 31.5. The maximum absolute atomic E-state index is 13.7. The summed E-state index contributed by atoms with van der Waals surface area (Å²) in [5.41, 5.74) is 0. The smallest absolute Gasteiger partial charge is 0.261 e. The van der Waals surface area contributed by atoms with Gasteiger partial charge < -0.3 is 25.1 Å². The van der Waals surface area contributed by atoms with Gasteiger partial charge in [-0.2, -0.15) is 0 Å². The van der Waals surface area contributed by atoms with Crippen LogP contribution in [0.3, 0.4) is 0 Å². The molecule has 0 aromatic carbocycles. The molecule has 0 saturated carbocycles. The lowest BCUT2D eigenvalue weighted by molar-refractivity contribution is -0.169. The number of aliphatic hydroxyl groups excluding tert-OH is 3. The maximum Gasteiger partial charge on any atom is 0.261 e. The molecular formula is C18H18N2O6S2. The highest BCUT2D eigenvalue weighted by molar-refractivity contribution is 8.78. The molecule has 2 bridgehead atoms. The molecule has 5 heterocycles. The van der Waals surface area contributed by atoms with Crippen LogP contribution in [-0.2, 0) is 14.4 Å². The lowest BCUT2D eigenvalue weighted by Gasteiger charge is -2.59. The van der Waals surface area contributed by atoms with Gasteiger partial charge in [0.05, 0.1) is 30.4 Å². The Morgan fingerprint density at radius 1 is 0.821 bits per heavy atom. The lowest BCUT2D eigenvalue weighted by atomic mass is 9.84. The fourth-order valence-electron chi connectivity index (χ4n) is 5.93. The Bertz CT molecular complexity index is 891. The first-order chi connectivity index (χ1) is 13.3. The van der Waals surface area contributed by atoms with E-state index in [1.54, 1.807) is 0 Å². The molecule has 8 nitrogen and oxygen atoms in total. The second kappa shape index (κ2) is 5.23. The Hall–Kier alpha value is -1.33. The number of nitrogens with zero attached hydrogens (tertiary/aromatic N) is 2. The first-order valence-corrected chi connectivity index (χ1v) is 11.5. The molecule has 2 amide bonds. The van der Waals surface area contributed by atoms with E-state index in [4.69, 9.17) is 0 Å². The van der Waals surface area contributed by atoms with Crippen LogP contribution >= 0.6 is 21.6 Å². The van der Waals surface area contributed by atoms with Crippen molar-refractivity contribution in [2.45, 2.75) is 53.0 Å². The van der Waals surface area contributed by atoms with Crippen molar-refractivity contribution < 1.29 is 29.7 Å². The molecule has 0 aromatic heterocycles. The van der Waals surface area contributed by atoms with Crippen LogP contribution in [0, 0.1) is 11.8 Å². The second-order valence-electron chi connectivity index (χ2n) is 8.36. The van der Waals surface area contributed by atoms with Gasteiger partial charge in [0.15, 0.2) is 15.5 Å². The summed E-state index contributed by atoms with van der Waals surface area (Å²) in [5.74, 6) is -1.85. The van der Waals surface area contributed by atoms with Gasteiger partial charge in [0.2, 0.25) is 0 Å². The first-order valence-electron chi connectivity index (χ1n) is 9.31. The van der Waals surface area contributed by atoms with Gasteiger partial charge in [-0.15, -0.1) is 0 Å². The Morgan fingerprint density at radius 3 is 2.11 bits per heavy atom. The number of piperazine rings is 1. The summed E-state index contributed by atoms with van der Waals surface area (Å²) in [7, 11) is 2.58. The number of amides is 2. The number of hydrogen-bond acceptors (Lipinski definition) is 8. The van der Waals surface area contributed by atoms with Gasteiger partial charge in [0, 0.05) is 18.3 Å². The number of hydrogen-bond donors (Lipinski definition) is 3. The number of ketones is 1. The average Bonchev–Trinajstić information content (AvgIpc) is 3.22. The number of rotatable bonds is 0. The summed E-state index contributed by atoms with van der Waals surface area (Å²) in [6.45, 7) is 0. The predicted molar refractivity (Wildman–Crippen MR) is 99.4 cm³/mol. The van der Waals surface area contributed by atoms with E-state index in [1.165, 1.54) is 55.7 Å². The van der Waals surface area contributed by atoms with Gasteiger partial charge in [-0.25, -0.2) is 0 Å². The number of aliphatic hydroxyl groups is 3. The molecule has 2 spiro atoms. The van der Waals surface area contributed by atoms with Gasteiger partial charge in [0.25, 0.3) is 11.8 Å². The van der Waals surface area contributed by atoms with Gasteiger partial charge in [-0.3, -0.25) is 14.4 Å². The average molecular weight is 422 g/mol. The standard InChI is InChI=1S/C18H18N2O6S2/c21-9-1-3-11(23)13-7(9)5-17-15(25)20-14-8(10(22)2-4-12(14)24)6-18(20,28-27-17)16(26)19(13)17/h1-4,7-9,11-14,21,23-24H,5-6H2. The zero-order chi connectivity index (χ0) is 19.6. The monoisotopic (exact) mass is 422 g/mol. The molecule has 5 fully saturated rings. The minimum absolute atomic E-state index is 0.151. The Morgan fingerprint density at radius 2 is 1.39 bits per heavy atom. The Kier molecular flexibility index (Phi) is 3.27. The zero-order valence-corrected chi connectivity index (χ0v) is 16.2. The van der Waals surface area contributed by atoms with E-state index in [2.05, 4.69) is 0 Å². The van der Waals surface area contributed by atoms with E-state index < -0.39 is 52.0 Å². The van der Waals surface area contributed by atoms with Crippen molar-refractivity contribution in [2.24, 2.45) is 11.8 Å². The van der Waals surface area contributed by atoms with Crippen molar-refractivity contribution >= 4 is 39.2 Å². The van der Waals surface area contributed by atoms with E-state index >= 15 is 0 Å². The molecular weight excluding hydrogens is 404 g/mol. The minimum atomic E-state index is -1.26. The zero-order valence-electron chi connectivity index (χ0n) is 14.5. The van der Waals surface area contributed by atoms with Gasteiger partial charge in [-0.1, -0.05) is 39.8 Å². The minimum Gasteiger partial charge on any atom is -0.389 e. The fraction of sp³-hybridized carbons (Fsp3) is 0.611. The highest BCUT2D eigenvalue weighted by atomic mass is 33.1. The molecule has 3 N–H and O–H groups in total. The molecule has 7 rings (SSSR count). The number of carbonyl (C=O) groups excluding carboxylic acids is 3. The molecule has 28 heavy (non-hydrogen) atoms. The third-order valence-corrected chi connectivity index (χ3v) is 10.7. The number of allylic oxidation sites excluding steroid dienone is 1. The molecule has 5 saturated heterocycles. The molecule has 2 aliphatic carbocycles. The quantitative estimate of drug-likeness (QED) is 0.337. The lowest BCUT2D eigenvalue weighted by Crippen LogP contribution is -2.77. The molecule has 0 aromatic rings. The van der Waals surface area contributed by atoms with E-state index in [0.717, 1.165) is 0 Å². The van der Waals surface area contributed by atoms with Crippen molar-refractivity contribution in [3.05, 3.63) is 24.3 Å². The maximum atomic E-state index is 13.7. The number of carbonyl (C=O) groups is 3. The largest absolute Gasteiger partial charge is 0.389 e. The fourth-order valence-corrected chi connectivity index (χ4v) is 9.76. The van der Waals surface area contributed by atoms with Crippen LogP contribution in [0.15, 0.2) is 24.3 Å². The van der Waals surface area contributed by atoms with Crippen molar-refractivity contribution in [3.63, 3.8) is 0 Å². The summed E-state index contributed by atoms with van der Waals surface area (Å²) < 4.78 is 0. The SMILES string of the molecule is O=C1C=CC(O)C2C1CC13SSC4(CC5C(O)C=CC(O)C5N4C1=O)C(=O)N23. The van der Waals surface area contributed by atoms with Gasteiger partial charge >= 0.3 is 0 Å². The van der Waals surface area contributed by atoms with Crippen LogP contribution in [0.25, 0.3) is 0 Å². The van der Waals surface area contributed by atoms with Crippen molar-refractivity contribution in [2.75, 3.05) is 0 Å². The molecule has 0 radical (unpaired) electrons. The topological polar surface area (TPSA) is 118 Å². The van der Waals surface area contributed by atoms with Crippen molar-refractivity contribution in [1.82, 2.24) is 9.80 Å². The molecule has 9 unspecified atom stereocenters. The van der Waals surface area contributed by atoms with Crippen molar-refractivity contribution in [3.8, 4) is 0 Å². The van der Waals surface area contributed by atoms with Crippen LogP contribution in [0.5, 0.6) is 0 Å². The van der Waals surface area contributed by atoms with E-state index in [9.17, 15) is 29.7 Å². The highest BCUT2D eigenvalue weighted by Gasteiger charge is 2.79. The van der Waals surface area contributed by atoms with Crippen LogP contribution in [0.1, 0.15) is 12.8 Å². The highest BCUT2D eigenvalue weighted by Crippen LogP contribution is 2.69. The summed E-state index contributed by atoms with van der Waals surface area (Å²) in [6, 6.07) is -1.43. The van der Waals surface area contributed by atoms with Gasteiger partial charge in [0.1, 0.15) is 0 Å². The van der Waals surface area contributed by atoms with E-state index in [0.29, 0.717) is 0 Å². The summed E-state index contributed by atoms with van der Waals surface area (Å²) in [6.07, 6.45) is 3.29. The molecule has 7 aliphatic rings. The van der Waals surface area contributed by atoms with Gasteiger partial charge in [-0.05, 0) is 12.5 Å². The van der Waals surface area contributed by atoms with Crippen molar-refractivity contribution in [1.29, 1.82) is 0 Å². The van der Waals surface area contributed by atoms with E-state index in [-0.39, 0.29) is 30.4 Å². The van der Waals surface area contributed by atoms with Crippen LogP contribution in [0.2, 0.25) is 0 Å². The van der Waals surface area contributed by atoms with Crippen LogP contribution in [0.4, 0.5) is 0 Å². The Labute approximate surface area is 168 Å². The first kappa shape index (κ1) is 17.5. The molecule has 10 heteroatoms. The van der Waals surface area contributed by atoms with E-state index in [1.807, 2.05) is 0 Å². The molecule has 9 atom stereocenters. The predicted octanol–water partition coefficient (Wildman–Crippen LogP) is -0.987. The third-order valence-electron chi connectivity index (χ3n) is 7.12. The number of fused-ring (bicyclic) bond motifs is 3. The van der Waals surface area contributed by atoms with Crippen LogP contribution < -0.4 is 0 Å². The normalized spacial score (nSPS) is 53.4. The summed E-state index contributed by atoms with van der Waals surface area (Å²) >= 11 is 0.